The second kappa shape index (κ2) is 12.0. The molecule has 2 aromatic rings. The number of halogens is 2. The minimum absolute atomic E-state index is 0.0187. The number of amides is 1. The lowest BCUT2D eigenvalue weighted by Crippen LogP contribution is -2.57. The highest BCUT2D eigenvalue weighted by Gasteiger charge is 2.53. The number of benzene rings is 2. The summed E-state index contributed by atoms with van der Waals surface area (Å²) < 4.78 is 5.63. The van der Waals surface area contributed by atoms with E-state index in [0.29, 0.717) is 28.8 Å². The van der Waals surface area contributed by atoms with Crippen LogP contribution in [-0.4, -0.2) is 29.9 Å². The molecule has 7 heteroatoms. The van der Waals surface area contributed by atoms with Crippen LogP contribution in [0.25, 0.3) is 0 Å². The minimum atomic E-state index is -0.709. The van der Waals surface area contributed by atoms with Crippen LogP contribution in [0, 0.1) is 17.3 Å². The average molecular weight is 549 g/mol. The molecule has 2 heterocycles. The van der Waals surface area contributed by atoms with Gasteiger partial charge in [0, 0.05) is 28.4 Å². The number of piperidine rings is 1. The molecule has 0 saturated carbocycles. The summed E-state index contributed by atoms with van der Waals surface area (Å²) in [6.07, 6.45) is 2.45. The second-order valence-corrected chi connectivity index (χ2v) is 12.4. The SMILES string of the molecule is CC(C)CC[C@H](C(C)C)N1C(=O)[C@@](C)(CC2OCOO2)C[C@H](c2cccc(Cl)c2)C1c1ccc(Cl)cc1. The number of rotatable bonds is 9. The summed E-state index contributed by atoms with van der Waals surface area (Å²) in [5.41, 5.74) is 1.49. The third kappa shape index (κ3) is 6.51. The molecule has 2 aromatic carbocycles. The first-order valence-corrected chi connectivity index (χ1v) is 14.1. The molecule has 202 valence electrons. The number of carbonyl (C=O) groups excluding carboxylic acids is 1. The molecule has 0 N–H and O–H groups in total. The van der Waals surface area contributed by atoms with Crippen molar-refractivity contribution in [2.75, 3.05) is 6.79 Å². The van der Waals surface area contributed by atoms with Crippen LogP contribution in [0.5, 0.6) is 0 Å². The number of carbonyl (C=O) groups is 1. The van der Waals surface area contributed by atoms with Crippen LogP contribution in [0.15, 0.2) is 48.5 Å². The van der Waals surface area contributed by atoms with Crippen LogP contribution < -0.4 is 0 Å². The summed E-state index contributed by atoms with van der Waals surface area (Å²) in [5, 5.41) is 1.37. The molecule has 2 fully saturated rings. The van der Waals surface area contributed by atoms with Gasteiger partial charge in [-0.3, -0.25) is 4.79 Å². The van der Waals surface area contributed by atoms with E-state index in [1.165, 1.54) is 0 Å². The Morgan fingerprint density at radius 3 is 2.32 bits per heavy atom. The summed E-state index contributed by atoms with van der Waals surface area (Å²) in [6.45, 7) is 11.0. The first-order valence-electron chi connectivity index (χ1n) is 13.3. The smallest absolute Gasteiger partial charge is 0.229 e. The summed E-state index contributed by atoms with van der Waals surface area (Å²) in [7, 11) is 0. The van der Waals surface area contributed by atoms with E-state index < -0.39 is 11.7 Å². The number of hydrogen-bond acceptors (Lipinski definition) is 4. The Bertz CT molecular complexity index is 1050. The summed E-state index contributed by atoms with van der Waals surface area (Å²) in [4.78, 5) is 27.2. The van der Waals surface area contributed by atoms with Gasteiger partial charge in [0.05, 0.1) is 11.5 Å². The van der Waals surface area contributed by atoms with Crippen LogP contribution >= 0.6 is 23.2 Å². The fourth-order valence-electron chi connectivity index (χ4n) is 5.93. The van der Waals surface area contributed by atoms with Crippen molar-refractivity contribution in [3.63, 3.8) is 0 Å². The van der Waals surface area contributed by atoms with Gasteiger partial charge in [-0.05, 0) is 66.5 Å². The maximum atomic E-state index is 14.6. The molecule has 5 nitrogen and oxygen atoms in total. The summed E-state index contributed by atoms with van der Waals surface area (Å²) in [6, 6.07) is 15.9. The van der Waals surface area contributed by atoms with Gasteiger partial charge < -0.3 is 9.64 Å². The highest BCUT2D eigenvalue weighted by molar-refractivity contribution is 6.30. The molecular weight excluding hydrogens is 509 g/mol. The molecule has 1 amide bonds. The number of ether oxygens (including phenoxy) is 1. The van der Waals surface area contributed by atoms with Gasteiger partial charge in [0.25, 0.3) is 0 Å². The van der Waals surface area contributed by atoms with Gasteiger partial charge in [0.15, 0.2) is 13.1 Å². The van der Waals surface area contributed by atoms with E-state index >= 15 is 0 Å². The molecule has 2 aliphatic rings. The van der Waals surface area contributed by atoms with Crippen LogP contribution in [0.1, 0.15) is 83.4 Å². The van der Waals surface area contributed by atoms with Crippen molar-refractivity contribution in [2.45, 2.75) is 84.6 Å². The third-order valence-corrected chi connectivity index (χ3v) is 8.34. The Morgan fingerprint density at radius 1 is 1.00 bits per heavy atom. The Morgan fingerprint density at radius 2 is 1.73 bits per heavy atom. The minimum Gasteiger partial charge on any atom is -0.331 e. The van der Waals surface area contributed by atoms with Crippen molar-refractivity contribution in [1.29, 1.82) is 0 Å². The van der Waals surface area contributed by atoms with Gasteiger partial charge >= 0.3 is 0 Å². The highest BCUT2D eigenvalue weighted by atomic mass is 35.5. The standard InChI is InChI=1S/C30H39Cl2NO4/c1-19(2)9-14-26(20(3)4)33-28(21-10-12-23(31)13-11-21)25(22-7-6-8-24(32)15-22)16-30(5,29(33)34)17-27-35-18-36-37-27/h6-8,10-13,15,19-20,25-28H,9,14,16-18H2,1-5H3/t25-,26-,27?,28?,30-/m1/s1. The van der Waals surface area contributed by atoms with Gasteiger partial charge in [0.1, 0.15) is 0 Å². The van der Waals surface area contributed by atoms with Crippen molar-refractivity contribution < 1.29 is 19.3 Å². The lowest BCUT2D eigenvalue weighted by atomic mass is 9.66. The van der Waals surface area contributed by atoms with Crippen LogP contribution in [0.2, 0.25) is 10.0 Å². The highest BCUT2D eigenvalue weighted by Crippen LogP contribution is 2.53. The van der Waals surface area contributed by atoms with Crippen LogP contribution in [-0.2, 0) is 19.3 Å². The molecule has 2 unspecified atom stereocenters. The predicted octanol–water partition coefficient (Wildman–Crippen LogP) is 8.17. The Kier molecular flexibility index (Phi) is 9.24. The largest absolute Gasteiger partial charge is 0.331 e. The Labute approximate surface area is 231 Å². The molecule has 0 bridgehead atoms. The lowest BCUT2D eigenvalue weighted by Gasteiger charge is -2.53. The molecule has 2 saturated heterocycles. The number of likely N-dealkylation sites (tertiary alicyclic amines) is 1. The second-order valence-electron chi connectivity index (χ2n) is 11.5. The number of nitrogens with zero attached hydrogens (tertiary/aromatic N) is 1. The van der Waals surface area contributed by atoms with E-state index in [0.717, 1.165) is 24.0 Å². The fourth-order valence-corrected chi connectivity index (χ4v) is 6.25. The topological polar surface area (TPSA) is 48.0 Å². The monoisotopic (exact) mass is 547 g/mol. The molecule has 0 aromatic heterocycles. The van der Waals surface area contributed by atoms with Gasteiger partial charge in [-0.25, -0.2) is 9.78 Å². The molecule has 4 rings (SSSR count). The maximum absolute atomic E-state index is 14.6. The zero-order valence-electron chi connectivity index (χ0n) is 22.5. The molecular formula is C30H39Cl2NO4. The Balaban J connectivity index is 1.86. The summed E-state index contributed by atoms with van der Waals surface area (Å²) >= 11 is 12.8. The molecule has 2 aliphatic heterocycles. The van der Waals surface area contributed by atoms with E-state index in [2.05, 4.69) is 50.8 Å². The van der Waals surface area contributed by atoms with Gasteiger partial charge in [0.2, 0.25) is 5.91 Å². The first kappa shape index (κ1) is 28.4. The van der Waals surface area contributed by atoms with Gasteiger partial charge in [-0.15, -0.1) is 0 Å². The molecule has 0 aliphatic carbocycles. The van der Waals surface area contributed by atoms with E-state index in [9.17, 15) is 4.79 Å². The first-order chi connectivity index (χ1) is 17.6. The van der Waals surface area contributed by atoms with Crippen molar-refractivity contribution in [3.8, 4) is 0 Å². The van der Waals surface area contributed by atoms with Crippen LogP contribution in [0.4, 0.5) is 0 Å². The Hall–Kier alpha value is -1.63. The number of hydrogen-bond donors (Lipinski definition) is 0. The maximum Gasteiger partial charge on any atom is 0.229 e. The van der Waals surface area contributed by atoms with E-state index in [1.807, 2.05) is 37.3 Å². The van der Waals surface area contributed by atoms with Crippen molar-refractivity contribution in [2.24, 2.45) is 17.3 Å². The molecule has 5 atom stereocenters. The normalized spacial score (nSPS) is 27.3. The van der Waals surface area contributed by atoms with Gasteiger partial charge in [-0.2, -0.15) is 0 Å². The molecule has 0 spiro atoms. The van der Waals surface area contributed by atoms with Gasteiger partial charge in [-0.1, -0.05) is 82.1 Å². The van der Waals surface area contributed by atoms with Crippen molar-refractivity contribution in [1.82, 2.24) is 4.90 Å². The van der Waals surface area contributed by atoms with Crippen LogP contribution in [0.3, 0.4) is 0 Å². The van der Waals surface area contributed by atoms with E-state index in [1.54, 1.807) is 0 Å². The third-order valence-electron chi connectivity index (χ3n) is 7.85. The molecule has 0 radical (unpaired) electrons. The van der Waals surface area contributed by atoms with E-state index in [4.69, 9.17) is 37.7 Å². The fraction of sp³-hybridized carbons (Fsp3) is 0.567. The van der Waals surface area contributed by atoms with E-state index in [-0.39, 0.29) is 36.6 Å². The average Bonchev–Trinajstić information content (AvgIpc) is 3.34. The summed E-state index contributed by atoms with van der Waals surface area (Å²) in [5.74, 6) is 0.974. The lowest BCUT2D eigenvalue weighted by molar-refractivity contribution is -0.282. The van der Waals surface area contributed by atoms with Crippen molar-refractivity contribution >= 4 is 29.1 Å². The predicted molar refractivity (Wildman–Crippen MR) is 147 cm³/mol. The van der Waals surface area contributed by atoms with Crippen molar-refractivity contribution in [3.05, 3.63) is 69.7 Å². The zero-order chi connectivity index (χ0) is 26.7. The zero-order valence-corrected chi connectivity index (χ0v) is 24.0. The quantitative estimate of drug-likeness (QED) is 0.297. The molecule has 37 heavy (non-hydrogen) atoms.